The van der Waals surface area contributed by atoms with Crippen molar-refractivity contribution in [3.8, 4) is 0 Å². The van der Waals surface area contributed by atoms with Crippen LogP contribution in [0.4, 0.5) is 0 Å². The van der Waals surface area contributed by atoms with Crippen LogP contribution in [-0.4, -0.2) is 33.7 Å². The molecule has 1 aliphatic rings. The fourth-order valence-electron chi connectivity index (χ4n) is 2.66. The molecule has 0 amide bonds. The van der Waals surface area contributed by atoms with Gasteiger partial charge in [-0.25, -0.2) is 0 Å². The summed E-state index contributed by atoms with van der Waals surface area (Å²) in [5.74, 6) is 0. The summed E-state index contributed by atoms with van der Waals surface area (Å²) in [7, 11) is 0.0238. The standard InChI is InChI=1S/C14H29NSi/c1-4-8-14(9-5-2)13(3)16-12-15-10-6-7-11-15/h4-12,16H2,1-3H3. The lowest BCUT2D eigenvalue weighted by atomic mass is 10.1. The molecule has 1 rings (SSSR count). The summed E-state index contributed by atoms with van der Waals surface area (Å²) in [5, 5.41) is 1.82. The van der Waals surface area contributed by atoms with Gasteiger partial charge >= 0.3 is 0 Å². The summed E-state index contributed by atoms with van der Waals surface area (Å²) in [6.07, 6.45) is 9.67. The largest absolute Gasteiger partial charge is 0.306 e. The van der Waals surface area contributed by atoms with E-state index in [0.29, 0.717) is 0 Å². The van der Waals surface area contributed by atoms with Gasteiger partial charge in [0.25, 0.3) is 0 Å². The van der Waals surface area contributed by atoms with Crippen molar-refractivity contribution < 1.29 is 0 Å². The number of hydrogen-bond donors (Lipinski definition) is 0. The van der Waals surface area contributed by atoms with Crippen LogP contribution in [0.2, 0.25) is 0 Å². The zero-order chi connectivity index (χ0) is 11.8. The molecule has 0 unspecified atom stereocenters. The fraction of sp³-hybridized carbons (Fsp3) is 0.857. The van der Waals surface area contributed by atoms with Crippen molar-refractivity contribution in [3.63, 3.8) is 0 Å². The third-order valence-electron chi connectivity index (χ3n) is 3.71. The van der Waals surface area contributed by atoms with Crippen LogP contribution in [0.25, 0.3) is 0 Å². The predicted molar refractivity (Wildman–Crippen MR) is 76.7 cm³/mol. The molecule has 1 nitrogen and oxygen atoms in total. The van der Waals surface area contributed by atoms with E-state index in [9.17, 15) is 0 Å². The molecular weight excluding hydrogens is 210 g/mol. The lowest BCUT2D eigenvalue weighted by Crippen LogP contribution is -2.25. The Kier molecular flexibility index (Phi) is 7.05. The molecule has 0 aromatic rings. The van der Waals surface area contributed by atoms with Crippen molar-refractivity contribution >= 4 is 9.52 Å². The first-order chi connectivity index (χ1) is 7.77. The topological polar surface area (TPSA) is 3.24 Å². The molecule has 1 aliphatic heterocycles. The van der Waals surface area contributed by atoms with Crippen molar-refractivity contribution in [1.29, 1.82) is 0 Å². The summed E-state index contributed by atoms with van der Waals surface area (Å²) in [4.78, 5) is 2.69. The van der Waals surface area contributed by atoms with E-state index in [-0.39, 0.29) is 9.52 Å². The van der Waals surface area contributed by atoms with E-state index >= 15 is 0 Å². The van der Waals surface area contributed by atoms with Gasteiger partial charge in [0.1, 0.15) is 0 Å². The molecule has 1 heterocycles. The average Bonchev–Trinajstić information content (AvgIpc) is 2.78. The second-order valence-corrected chi connectivity index (χ2v) is 7.19. The molecular formula is C14H29NSi. The Hall–Kier alpha value is -0.0831. The van der Waals surface area contributed by atoms with Gasteiger partial charge in [-0.15, -0.1) is 0 Å². The minimum Gasteiger partial charge on any atom is -0.306 e. The fourth-order valence-corrected chi connectivity index (χ4v) is 4.47. The van der Waals surface area contributed by atoms with Crippen LogP contribution in [0.15, 0.2) is 10.8 Å². The lowest BCUT2D eigenvalue weighted by molar-refractivity contribution is 0.395. The van der Waals surface area contributed by atoms with Gasteiger partial charge in [-0.1, -0.05) is 37.5 Å². The molecule has 0 atom stereocenters. The molecule has 16 heavy (non-hydrogen) atoms. The Morgan fingerprint density at radius 2 is 1.62 bits per heavy atom. The molecule has 0 aromatic carbocycles. The molecule has 0 aliphatic carbocycles. The highest BCUT2D eigenvalue weighted by Gasteiger charge is 2.11. The van der Waals surface area contributed by atoms with Gasteiger partial charge in [-0.2, -0.15) is 0 Å². The van der Waals surface area contributed by atoms with Crippen LogP contribution in [0.3, 0.4) is 0 Å². The maximum absolute atomic E-state index is 2.69. The second kappa shape index (κ2) is 8.07. The maximum Gasteiger partial charge on any atom is 0.0649 e. The first-order valence-electron chi connectivity index (χ1n) is 7.17. The molecule has 94 valence electrons. The second-order valence-electron chi connectivity index (χ2n) is 5.18. The minimum atomic E-state index is 0.0238. The van der Waals surface area contributed by atoms with Gasteiger partial charge in [0.2, 0.25) is 0 Å². The maximum atomic E-state index is 2.69. The van der Waals surface area contributed by atoms with Crippen molar-refractivity contribution in [2.75, 3.05) is 19.3 Å². The van der Waals surface area contributed by atoms with E-state index in [1.54, 1.807) is 5.57 Å². The van der Waals surface area contributed by atoms with E-state index in [0.717, 1.165) is 0 Å². The highest BCUT2D eigenvalue weighted by Crippen LogP contribution is 2.17. The van der Waals surface area contributed by atoms with Crippen LogP contribution >= 0.6 is 0 Å². The number of likely N-dealkylation sites (tertiary alicyclic amines) is 1. The van der Waals surface area contributed by atoms with Crippen LogP contribution in [-0.2, 0) is 0 Å². The summed E-state index contributed by atoms with van der Waals surface area (Å²) >= 11 is 0. The number of hydrogen-bond acceptors (Lipinski definition) is 1. The molecule has 2 heteroatoms. The van der Waals surface area contributed by atoms with Gasteiger partial charge in [-0.3, -0.25) is 0 Å². The van der Waals surface area contributed by atoms with Crippen molar-refractivity contribution in [2.24, 2.45) is 0 Å². The van der Waals surface area contributed by atoms with E-state index in [4.69, 9.17) is 0 Å². The van der Waals surface area contributed by atoms with Crippen LogP contribution in [0, 0.1) is 0 Å². The quantitative estimate of drug-likeness (QED) is 0.617. The summed E-state index contributed by atoms with van der Waals surface area (Å²) in [6.45, 7) is 9.78. The van der Waals surface area contributed by atoms with Crippen molar-refractivity contribution in [1.82, 2.24) is 4.90 Å². The van der Waals surface area contributed by atoms with Crippen molar-refractivity contribution in [2.45, 2.75) is 59.3 Å². The van der Waals surface area contributed by atoms with Crippen LogP contribution in [0.1, 0.15) is 59.3 Å². The van der Waals surface area contributed by atoms with Gasteiger partial charge in [0.15, 0.2) is 0 Å². The Morgan fingerprint density at radius 3 is 2.12 bits per heavy atom. The Labute approximate surface area is 104 Å². The number of allylic oxidation sites excluding steroid dienone is 2. The highest BCUT2D eigenvalue weighted by atomic mass is 28.2. The SMILES string of the molecule is CCCC(CCC)=C(C)[SiH2]CN1CCCC1. The minimum absolute atomic E-state index is 0.0238. The smallest absolute Gasteiger partial charge is 0.0649 e. The van der Waals surface area contributed by atoms with Gasteiger partial charge < -0.3 is 4.90 Å². The summed E-state index contributed by atoms with van der Waals surface area (Å²) in [6, 6.07) is 0. The first kappa shape index (κ1) is 14.0. The van der Waals surface area contributed by atoms with E-state index in [2.05, 4.69) is 25.7 Å². The predicted octanol–water partition coefficient (Wildman–Crippen LogP) is 3.08. The van der Waals surface area contributed by atoms with E-state index in [1.807, 2.05) is 5.20 Å². The zero-order valence-corrected chi connectivity index (χ0v) is 12.9. The Bertz CT molecular complexity index is 209. The molecule has 0 radical (unpaired) electrons. The van der Waals surface area contributed by atoms with Gasteiger partial charge in [0.05, 0.1) is 9.52 Å². The molecule has 0 saturated carbocycles. The monoisotopic (exact) mass is 239 g/mol. The Balaban J connectivity index is 2.37. The molecule has 0 spiro atoms. The summed E-state index contributed by atoms with van der Waals surface area (Å²) < 4.78 is 0. The number of nitrogens with zero attached hydrogens (tertiary/aromatic N) is 1. The zero-order valence-electron chi connectivity index (χ0n) is 11.5. The van der Waals surface area contributed by atoms with E-state index in [1.165, 1.54) is 57.8 Å². The molecule has 1 saturated heterocycles. The molecule has 0 aromatic heterocycles. The Morgan fingerprint density at radius 1 is 1.06 bits per heavy atom. The van der Waals surface area contributed by atoms with Crippen molar-refractivity contribution in [3.05, 3.63) is 10.8 Å². The van der Waals surface area contributed by atoms with Crippen LogP contribution in [0.5, 0.6) is 0 Å². The average molecular weight is 239 g/mol. The molecule has 0 N–H and O–H groups in total. The van der Waals surface area contributed by atoms with Gasteiger partial charge in [0, 0.05) is 0 Å². The number of rotatable bonds is 7. The van der Waals surface area contributed by atoms with Gasteiger partial charge in [-0.05, 0) is 51.9 Å². The lowest BCUT2D eigenvalue weighted by Gasteiger charge is -2.16. The third-order valence-corrected chi connectivity index (χ3v) is 5.81. The third kappa shape index (κ3) is 4.83. The first-order valence-corrected chi connectivity index (χ1v) is 8.88. The molecule has 0 bridgehead atoms. The summed E-state index contributed by atoms with van der Waals surface area (Å²) in [5.41, 5.74) is 1.80. The van der Waals surface area contributed by atoms with E-state index < -0.39 is 0 Å². The van der Waals surface area contributed by atoms with Crippen LogP contribution < -0.4 is 0 Å². The molecule has 1 fully saturated rings. The highest BCUT2D eigenvalue weighted by molar-refractivity contribution is 6.45. The normalized spacial score (nSPS) is 17.4.